The second-order valence-corrected chi connectivity index (χ2v) is 4.60. The van der Waals surface area contributed by atoms with E-state index >= 15 is 0 Å². The molecule has 0 aliphatic heterocycles. The quantitative estimate of drug-likeness (QED) is 0.820. The number of carbonyl (C=O) groups excluding carboxylic acids is 1. The van der Waals surface area contributed by atoms with Gasteiger partial charge in [0.15, 0.2) is 0 Å². The van der Waals surface area contributed by atoms with Gasteiger partial charge in [0.05, 0.1) is 12.6 Å². The number of aliphatic hydroxyl groups is 1. The molecule has 2 N–H and O–H groups in total. The molecule has 0 saturated carbocycles. The fourth-order valence-electron chi connectivity index (χ4n) is 1.27. The predicted molar refractivity (Wildman–Crippen MR) is 72.5 cm³/mol. The minimum absolute atomic E-state index is 0.0334. The summed E-state index contributed by atoms with van der Waals surface area (Å²) in [6.07, 6.45) is 3.93. The van der Waals surface area contributed by atoms with Gasteiger partial charge in [0, 0.05) is 10.5 Å². The zero-order valence-electron chi connectivity index (χ0n) is 9.69. The van der Waals surface area contributed by atoms with Crippen molar-refractivity contribution in [3.05, 3.63) is 40.4 Å². The molecule has 0 aliphatic rings. The molecule has 0 saturated heterocycles. The lowest BCUT2D eigenvalue weighted by atomic mass is 10.2. The van der Waals surface area contributed by atoms with Crippen LogP contribution in [0.3, 0.4) is 0 Å². The highest BCUT2D eigenvalue weighted by Crippen LogP contribution is 2.11. The molecule has 1 rings (SSSR count). The van der Waals surface area contributed by atoms with Crippen molar-refractivity contribution < 1.29 is 9.90 Å². The predicted octanol–water partition coefficient (Wildman–Crippen LogP) is 2.35. The van der Waals surface area contributed by atoms with Gasteiger partial charge in [-0.05, 0) is 30.2 Å². The Kier molecular flexibility index (Phi) is 5.94. The Bertz CT molecular complexity index is 383. The molecule has 0 aliphatic carbocycles. The van der Waals surface area contributed by atoms with Crippen LogP contribution in [0.4, 0.5) is 0 Å². The van der Waals surface area contributed by atoms with Gasteiger partial charge in [-0.15, -0.1) is 0 Å². The Hall–Kier alpha value is -1.13. The molecule has 0 fully saturated rings. The summed E-state index contributed by atoms with van der Waals surface area (Å²) >= 11 is 3.35. The van der Waals surface area contributed by atoms with E-state index < -0.39 is 0 Å². The first-order valence-corrected chi connectivity index (χ1v) is 6.30. The fraction of sp³-hybridized carbons (Fsp3) is 0.308. The Balaban J connectivity index is 2.53. The van der Waals surface area contributed by atoms with E-state index in [2.05, 4.69) is 21.2 Å². The number of hydrogen-bond donors (Lipinski definition) is 2. The van der Waals surface area contributed by atoms with E-state index in [1.54, 1.807) is 6.08 Å². The summed E-state index contributed by atoms with van der Waals surface area (Å²) in [5.41, 5.74) is 0.959. The molecule has 0 aromatic heterocycles. The minimum atomic E-state index is -0.186. The average molecular weight is 298 g/mol. The molecule has 0 bridgehead atoms. The topological polar surface area (TPSA) is 49.3 Å². The maximum atomic E-state index is 11.5. The highest BCUT2D eigenvalue weighted by atomic mass is 79.9. The van der Waals surface area contributed by atoms with Gasteiger partial charge in [-0.3, -0.25) is 4.79 Å². The number of rotatable bonds is 5. The highest BCUT2D eigenvalue weighted by molar-refractivity contribution is 9.10. The summed E-state index contributed by atoms with van der Waals surface area (Å²) < 4.78 is 1.01. The largest absolute Gasteiger partial charge is 0.394 e. The summed E-state index contributed by atoms with van der Waals surface area (Å²) in [7, 11) is 0. The lowest BCUT2D eigenvalue weighted by Crippen LogP contribution is -2.35. The van der Waals surface area contributed by atoms with Crippen LogP contribution in [0.1, 0.15) is 18.9 Å². The second kappa shape index (κ2) is 7.25. The van der Waals surface area contributed by atoms with Gasteiger partial charge in [0.25, 0.3) is 0 Å². The molecule has 17 heavy (non-hydrogen) atoms. The summed E-state index contributed by atoms with van der Waals surface area (Å²) in [4.78, 5) is 11.5. The van der Waals surface area contributed by atoms with E-state index in [4.69, 9.17) is 5.11 Å². The normalized spacial score (nSPS) is 12.6. The first-order chi connectivity index (χ1) is 8.15. The van der Waals surface area contributed by atoms with Gasteiger partial charge in [-0.1, -0.05) is 35.0 Å². The molecule has 4 heteroatoms. The van der Waals surface area contributed by atoms with Crippen molar-refractivity contribution >= 4 is 27.9 Å². The van der Waals surface area contributed by atoms with Crippen LogP contribution >= 0.6 is 15.9 Å². The fourth-order valence-corrected chi connectivity index (χ4v) is 1.54. The van der Waals surface area contributed by atoms with E-state index in [1.165, 1.54) is 6.08 Å². The third-order valence-corrected chi connectivity index (χ3v) is 2.89. The van der Waals surface area contributed by atoms with E-state index in [-0.39, 0.29) is 18.6 Å². The van der Waals surface area contributed by atoms with Gasteiger partial charge in [0.1, 0.15) is 0 Å². The van der Waals surface area contributed by atoms with Crippen LogP contribution in [0.2, 0.25) is 0 Å². The Morgan fingerprint density at radius 1 is 1.47 bits per heavy atom. The molecule has 1 atom stereocenters. The first-order valence-electron chi connectivity index (χ1n) is 5.50. The van der Waals surface area contributed by atoms with Gasteiger partial charge in [-0.25, -0.2) is 0 Å². The number of benzene rings is 1. The van der Waals surface area contributed by atoms with Crippen LogP contribution in [0.5, 0.6) is 0 Å². The van der Waals surface area contributed by atoms with Crippen molar-refractivity contribution in [3.8, 4) is 0 Å². The Labute approximate surface area is 110 Å². The zero-order valence-corrected chi connectivity index (χ0v) is 11.3. The third-order valence-electron chi connectivity index (χ3n) is 2.36. The first kappa shape index (κ1) is 13.9. The van der Waals surface area contributed by atoms with Crippen LogP contribution in [0, 0.1) is 0 Å². The number of hydrogen-bond acceptors (Lipinski definition) is 2. The number of carbonyl (C=O) groups is 1. The van der Waals surface area contributed by atoms with Gasteiger partial charge in [-0.2, -0.15) is 0 Å². The standard InChI is InChI=1S/C13H16BrNO2/c1-2-12(9-16)15-13(17)8-5-10-3-6-11(14)7-4-10/h3-8,12,16H,2,9H2,1H3,(H,15,17)/b8-5+. The van der Waals surface area contributed by atoms with Crippen LogP contribution in [-0.2, 0) is 4.79 Å². The van der Waals surface area contributed by atoms with E-state index in [0.717, 1.165) is 10.0 Å². The maximum absolute atomic E-state index is 11.5. The van der Waals surface area contributed by atoms with Crippen LogP contribution in [0.25, 0.3) is 6.08 Å². The molecule has 92 valence electrons. The smallest absolute Gasteiger partial charge is 0.244 e. The summed E-state index contributed by atoms with van der Waals surface area (Å²) in [5, 5.41) is 11.7. The van der Waals surface area contributed by atoms with Gasteiger partial charge >= 0.3 is 0 Å². The van der Waals surface area contributed by atoms with E-state index in [9.17, 15) is 4.79 Å². The molecule has 1 amide bonds. The Morgan fingerprint density at radius 3 is 2.65 bits per heavy atom. The highest BCUT2D eigenvalue weighted by Gasteiger charge is 2.05. The van der Waals surface area contributed by atoms with Crippen molar-refractivity contribution in [1.82, 2.24) is 5.32 Å². The van der Waals surface area contributed by atoms with Gasteiger partial charge < -0.3 is 10.4 Å². The number of halogens is 1. The van der Waals surface area contributed by atoms with E-state index in [1.807, 2.05) is 31.2 Å². The molecule has 3 nitrogen and oxygen atoms in total. The average Bonchev–Trinajstić information content (AvgIpc) is 2.35. The number of aliphatic hydroxyl groups excluding tert-OH is 1. The zero-order chi connectivity index (χ0) is 12.7. The van der Waals surface area contributed by atoms with Gasteiger partial charge in [0.2, 0.25) is 5.91 Å². The second-order valence-electron chi connectivity index (χ2n) is 3.68. The van der Waals surface area contributed by atoms with Crippen molar-refractivity contribution in [2.45, 2.75) is 19.4 Å². The van der Waals surface area contributed by atoms with Crippen LogP contribution in [0.15, 0.2) is 34.8 Å². The lowest BCUT2D eigenvalue weighted by Gasteiger charge is -2.11. The SMILES string of the molecule is CCC(CO)NC(=O)/C=C/c1ccc(Br)cc1. The molecule has 0 spiro atoms. The molecule has 1 aromatic rings. The number of nitrogens with one attached hydrogen (secondary N) is 1. The summed E-state index contributed by atoms with van der Waals surface area (Å²) in [6.45, 7) is 1.88. The monoisotopic (exact) mass is 297 g/mol. The molecule has 1 unspecified atom stereocenters. The molecule has 0 heterocycles. The summed E-state index contributed by atoms with van der Waals surface area (Å²) in [6, 6.07) is 7.49. The lowest BCUT2D eigenvalue weighted by molar-refractivity contribution is -0.117. The number of amides is 1. The van der Waals surface area contributed by atoms with E-state index in [0.29, 0.717) is 6.42 Å². The van der Waals surface area contributed by atoms with Crippen LogP contribution < -0.4 is 5.32 Å². The third kappa shape index (κ3) is 5.15. The van der Waals surface area contributed by atoms with Crippen molar-refractivity contribution in [1.29, 1.82) is 0 Å². The van der Waals surface area contributed by atoms with Crippen LogP contribution in [-0.4, -0.2) is 23.7 Å². The molecule has 0 radical (unpaired) electrons. The van der Waals surface area contributed by atoms with Crippen molar-refractivity contribution in [2.75, 3.05) is 6.61 Å². The Morgan fingerprint density at radius 2 is 2.12 bits per heavy atom. The van der Waals surface area contributed by atoms with Crippen molar-refractivity contribution in [3.63, 3.8) is 0 Å². The molecular formula is C13H16BrNO2. The summed E-state index contributed by atoms with van der Waals surface area (Å²) in [5.74, 6) is -0.186. The molecule has 1 aromatic carbocycles. The van der Waals surface area contributed by atoms with Crippen molar-refractivity contribution in [2.24, 2.45) is 0 Å². The maximum Gasteiger partial charge on any atom is 0.244 e. The molecular weight excluding hydrogens is 282 g/mol. The minimum Gasteiger partial charge on any atom is -0.394 e.